The molecule has 0 atom stereocenters. The Labute approximate surface area is 126 Å². The lowest BCUT2D eigenvalue weighted by Crippen LogP contribution is -2.14. The quantitative estimate of drug-likeness (QED) is 0.865. The molecule has 2 N–H and O–H groups in total. The highest BCUT2D eigenvalue weighted by Gasteiger charge is 2.16. The number of halogens is 2. The number of carboxylic acids is 1. The molecule has 0 aliphatic rings. The van der Waals surface area contributed by atoms with Crippen molar-refractivity contribution in [2.75, 3.05) is 5.32 Å². The van der Waals surface area contributed by atoms with Crippen molar-refractivity contribution in [3.8, 4) is 0 Å². The molecule has 4 nitrogen and oxygen atoms in total. The predicted molar refractivity (Wildman–Crippen MR) is 78.4 cm³/mol. The Kier molecular flexibility index (Phi) is 4.24. The number of amides is 1. The van der Waals surface area contributed by atoms with E-state index in [1.165, 1.54) is 29.5 Å². The van der Waals surface area contributed by atoms with E-state index in [9.17, 15) is 9.59 Å². The average molecular weight is 361 g/mol. The van der Waals surface area contributed by atoms with Gasteiger partial charge in [0.2, 0.25) is 0 Å². The maximum atomic E-state index is 12.0. The number of benzene rings is 1. The molecule has 0 aliphatic heterocycles. The molecule has 98 valence electrons. The van der Waals surface area contributed by atoms with E-state index in [0.717, 1.165) is 0 Å². The molecule has 1 aromatic heterocycles. The fourth-order valence-corrected chi connectivity index (χ4v) is 3.06. The van der Waals surface area contributed by atoms with Crippen LogP contribution in [0.3, 0.4) is 0 Å². The van der Waals surface area contributed by atoms with Crippen LogP contribution in [0.25, 0.3) is 0 Å². The first-order valence-electron chi connectivity index (χ1n) is 5.06. The summed E-state index contributed by atoms with van der Waals surface area (Å²) in [7, 11) is 0. The lowest BCUT2D eigenvalue weighted by atomic mass is 10.2. The lowest BCUT2D eigenvalue weighted by Gasteiger charge is -2.08. The molecule has 0 aliphatic carbocycles. The second-order valence-electron chi connectivity index (χ2n) is 3.55. The number of thiophene rings is 1. The maximum Gasteiger partial charge on any atom is 0.337 e. The molecule has 2 rings (SSSR count). The van der Waals surface area contributed by atoms with Gasteiger partial charge < -0.3 is 10.4 Å². The summed E-state index contributed by atoms with van der Waals surface area (Å²) in [6.07, 6.45) is 0. The minimum atomic E-state index is -1.13. The maximum absolute atomic E-state index is 12.0. The molecule has 2 aromatic rings. The molecule has 0 bridgehead atoms. The Bertz CT molecular complexity index is 656. The van der Waals surface area contributed by atoms with E-state index in [0.29, 0.717) is 14.4 Å². The Balaban J connectivity index is 2.33. The van der Waals surface area contributed by atoms with E-state index in [-0.39, 0.29) is 17.2 Å². The van der Waals surface area contributed by atoms with E-state index in [1.54, 1.807) is 11.4 Å². The van der Waals surface area contributed by atoms with Crippen LogP contribution in [0.2, 0.25) is 5.02 Å². The molecule has 7 heteroatoms. The number of carboxylic acid groups (broad SMARTS) is 1. The van der Waals surface area contributed by atoms with Gasteiger partial charge in [-0.15, -0.1) is 11.3 Å². The Morgan fingerprint density at radius 3 is 2.63 bits per heavy atom. The van der Waals surface area contributed by atoms with Crippen molar-refractivity contribution in [2.45, 2.75) is 0 Å². The van der Waals surface area contributed by atoms with Crippen molar-refractivity contribution < 1.29 is 14.7 Å². The summed E-state index contributed by atoms with van der Waals surface area (Å²) < 4.78 is 0.661. The molecule has 0 unspecified atom stereocenters. The SMILES string of the molecule is O=C(O)c1ccc(Cl)cc1NC(=O)c1sccc1Br. The predicted octanol–water partition coefficient (Wildman–Crippen LogP) is 4.11. The minimum absolute atomic E-state index is 0.00886. The van der Waals surface area contributed by atoms with Crippen LogP contribution in [0.15, 0.2) is 34.1 Å². The van der Waals surface area contributed by atoms with Gasteiger partial charge in [-0.05, 0) is 45.6 Å². The number of anilines is 1. The smallest absolute Gasteiger partial charge is 0.337 e. The molecule has 1 amide bonds. The van der Waals surface area contributed by atoms with Crippen molar-refractivity contribution in [3.63, 3.8) is 0 Å². The van der Waals surface area contributed by atoms with E-state index in [2.05, 4.69) is 21.2 Å². The minimum Gasteiger partial charge on any atom is -0.478 e. The van der Waals surface area contributed by atoms with Gasteiger partial charge in [-0.3, -0.25) is 4.79 Å². The highest BCUT2D eigenvalue weighted by Crippen LogP contribution is 2.26. The topological polar surface area (TPSA) is 66.4 Å². The van der Waals surface area contributed by atoms with Crippen molar-refractivity contribution >= 4 is 56.4 Å². The van der Waals surface area contributed by atoms with Crippen LogP contribution in [0.4, 0.5) is 5.69 Å². The number of hydrogen-bond donors (Lipinski definition) is 2. The van der Waals surface area contributed by atoms with Crippen LogP contribution in [-0.4, -0.2) is 17.0 Å². The van der Waals surface area contributed by atoms with E-state index < -0.39 is 5.97 Å². The lowest BCUT2D eigenvalue weighted by molar-refractivity contribution is 0.0698. The molecule has 0 fully saturated rings. The van der Waals surface area contributed by atoms with Crippen molar-refractivity contribution in [1.29, 1.82) is 0 Å². The summed E-state index contributed by atoms with van der Waals surface area (Å²) >= 11 is 10.3. The Morgan fingerprint density at radius 2 is 2.05 bits per heavy atom. The van der Waals surface area contributed by atoms with Crippen LogP contribution in [0, 0.1) is 0 Å². The zero-order valence-corrected chi connectivity index (χ0v) is 12.5. The zero-order chi connectivity index (χ0) is 14.0. The first-order chi connectivity index (χ1) is 8.99. The molecule has 0 saturated carbocycles. The largest absolute Gasteiger partial charge is 0.478 e. The highest BCUT2D eigenvalue weighted by atomic mass is 79.9. The Hall–Kier alpha value is -1.37. The summed E-state index contributed by atoms with van der Waals surface area (Å²) in [5, 5.41) is 13.7. The molecule has 19 heavy (non-hydrogen) atoms. The molecular weight excluding hydrogens is 354 g/mol. The van der Waals surface area contributed by atoms with E-state index in [1.807, 2.05) is 0 Å². The highest BCUT2D eigenvalue weighted by molar-refractivity contribution is 9.10. The normalized spacial score (nSPS) is 10.2. The van der Waals surface area contributed by atoms with E-state index >= 15 is 0 Å². The second kappa shape index (κ2) is 5.73. The molecule has 1 aromatic carbocycles. The van der Waals surface area contributed by atoms with Crippen LogP contribution in [0.1, 0.15) is 20.0 Å². The number of rotatable bonds is 3. The third-order valence-corrected chi connectivity index (χ3v) is 4.36. The van der Waals surface area contributed by atoms with Gasteiger partial charge >= 0.3 is 5.97 Å². The van der Waals surface area contributed by atoms with Gasteiger partial charge in [0.15, 0.2) is 0 Å². The van der Waals surface area contributed by atoms with Gasteiger partial charge in [0.05, 0.1) is 11.3 Å². The number of carbonyl (C=O) groups excluding carboxylic acids is 1. The zero-order valence-electron chi connectivity index (χ0n) is 9.31. The first-order valence-corrected chi connectivity index (χ1v) is 7.11. The third-order valence-electron chi connectivity index (χ3n) is 2.28. The van der Waals surface area contributed by atoms with Gasteiger partial charge in [-0.2, -0.15) is 0 Å². The van der Waals surface area contributed by atoms with Gasteiger partial charge in [0, 0.05) is 9.50 Å². The standard InChI is InChI=1S/C12H7BrClNO3S/c13-8-3-4-19-10(8)11(16)15-9-5-6(14)1-2-7(9)12(17)18/h1-5H,(H,15,16)(H,17,18). The molecule has 0 spiro atoms. The van der Waals surface area contributed by atoms with Crippen molar-refractivity contribution in [1.82, 2.24) is 0 Å². The summed E-state index contributed by atoms with van der Waals surface area (Å²) in [4.78, 5) is 23.6. The summed E-state index contributed by atoms with van der Waals surface area (Å²) in [6.45, 7) is 0. The fourth-order valence-electron chi connectivity index (χ4n) is 1.44. The van der Waals surface area contributed by atoms with Gasteiger partial charge in [0.1, 0.15) is 4.88 Å². The number of aromatic carboxylic acids is 1. The molecule has 0 saturated heterocycles. The molecule has 0 radical (unpaired) electrons. The van der Waals surface area contributed by atoms with Gasteiger partial charge in [-0.25, -0.2) is 4.79 Å². The summed E-state index contributed by atoms with van der Waals surface area (Å²) in [5.74, 6) is -1.51. The van der Waals surface area contributed by atoms with E-state index in [4.69, 9.17) is 16.7 Å². The van der Waals surface area contributed by atoms with Gasteiger partial charge in [-0.1, -0.05) is 11.6 Å². The summed E-state index contributed by atoms with van der Waals surface area (Å²) in [6, 6.07) is 5.96. The first kappa shape index (κ1) is 14.0. The number of hydrogen-bond acceptors (Lipinski definition) is 3. The van der Waals surface area contributed by atoms with Crippen LogP contribution in [0.5, 0.6) is 0 Å². The Morgan fingerprint density at radius 1 is 1.32 bits per heavy atom. The summed E-state index contributed by atoms with van der Waals surface area (Å²) in [5.41, 5.74) is 0.163. The number of nitrogens with one attached hydrogen (secondary N) is 1. The van der Waals surface area contributed by atoms with Crippen LogP contribution >= 0.6 is 38.9 Å². The van der Waals surface area contributed by atoms with Crippen molar-refractivity contribution in [3.05, 3.63) is 49.6 Å². The molecule has 1 heterocycles. The fraction of sp³-hybridized carbons (Fsp3) is 0. The molecular formula is C12H7BrClNO3S. The number of carbonyl (C=O) groups is 2. The van der Waals surface area contributed by atoms with Crippen LogP contribution in [-0.2, 0) is 0 Å². The van der Waals surface area contributed by atoms with Crippen LogP contribution < -0.4 is 5.32 Å². The van der Waals surface area contributed by atoms with Crippen molar-refractivity contribution in [2.24, 2.45) is 0 Å². The third kappa shape index (κ3) is 3.15. The second-order valence-corrected chi connectivity index (χ2v) is 5.75. The monoisotopic (exact) mass is 359 g/mol. The average Bonchev–Trinajstić information content (AvgIpc) is 2.75. The van der Waals surface area contributed by atoms with Gasteiger partial charge in [0.25, 0.3) is 5.91 Å².